The molecule has 0 aliphatic carbocycles. The van der Waals surface area contributed by atoms with Gasteiger partial charge < -0.3 is 10.2 Å². The molecule has 2 aliphatic rings. The van der Waals surface area contributed by atoms with Crippen molar-refractivity contribution < 1.29 is 0 Å². The van der Waals surface area contributed by atoms with E-state index in [1.807, 2.05) is 0 Å². The lowest BCUT2D eigenvalue weighted by Gasteiger charge is -2.37. The highest BCUT2D eigenvalue weighted by molar-refractivity contribution is 5.83. The van der Waals surface area contributed by atoms with E-state index in [1.54, 1.807) is 0 Å². The molecule has 1 atom stereocenters. The fourth-order valence-electron chi connectivity index (χ4n) is 2.24. The van der Waals surface area contributed by atoms with Crippen LogP contribution in [0.15, 0.2) is 4.99 Å². The molecule has 2 rings (SSSR count). The summed E-state index contributed by atoms with van der Waals surface area (Å²) in [7, 11) is 4.42. The van der Waals surface area contributed by atoms with Gasteiger partial charge in [0.15, 0.2) is 0 Å². The number of hydrogen-bond acceptors (Lipinski definition) is 4. The van der Waals surface area contributed by atoms with Crippen LogP contribution in [0.1, 0.15) is 12.8 Å². The maximum absolute atomic E-state index is 4.44. The van der Waals surface area contributed by atoms with Gasteiger partial charge in [0.2, 0.25) is 0 Å². The first-order valence-electron chi connectivity index (χ1n) is 5.91. The Morgan fingerprint density at radius 2 is 2.27 bits per heavy atom. The Morgan fingerprint density at radius 3 is 3.00 bits per heavy atom. The van der Waals surface area contributed by atoms with Crippen molar-refractivity contribution in [1.82, 2.24) is 15.1 Å². The average Bonchev–Trinajstić information content (AvgIpc) is 2.72. The average molecular weight is 210 g/mol. The van der Waals surface area contributed by atoms with E-state index in [1.165, 1.54) is 25.3 Å². The van der Waals surface area contributed by atoms with Gasteiger partial charge in [-0.15, -0.1) is 0 Å². The molecule has 15 heavy (non-hydrogen) atoms. The number of nitrogens with one attached hydrogen (secondary N) is 1. The third-order valence-corrected chi connectivity index (χ3v) is 3.40. The molecule has 1 saturated heterocycles. The van der Waals surface area contributed by atoms with Crippen molar-refractivity contribution in [3.63, 3.8) is 0 Å². The standard InChI is InChI=1S/C11H22N4/c1-14-6-7-15(2)10(9-14)8-13-11-4-3-5-12-11/h10H,3-9H2,1-2H3,(H,12,13). The summed E-state index contributed by atoms with van der Waals surface area (Å²) in [5.41, 5.74) is 0. The van der Waals surface area contributed by atoms with Gasteiger partial charge in [0.25, 0.3) is 0 Å². The summed E-state index contributed by atoms with van der Waals surface area (Å²) in [5, 5.41) is 3.48. The van der Waals surface area contributed by atoms with E-state index < -0.39 is 0 Å². The molecular formula is C11H22N4. The largest absolute Gasteiger partial charge is 0.372 e. The number of amidine groups is 1. The predicted molar refractivity (Wildman–Crippen MR) is 63.5 cm³/mol. The van der Waals surface area contributed by atoms with Crippen LogP contribution in [0, 0.1) is 0 Å². The first-order valence-corrected chi connectivity index (χ1v) is 5.91. The second kappa shape index (κ2) is 4.94. The maximum Gasteiger partial charge on any atom is 0.0964 e. The second-order valence-electron chi connectivity index (χ2n) is 4.71. The minimum atomic E-state index is 0.632. The number of hydrogen-bond donors (Lipinski definition) is 1. The molecule has 4 nitrogen and oxygen atoms in total. The molecule has 0 spiro atoms. The smallest absolute Gasteiger partial charge is 0.0964 e. The lowest BCUT2D eigenvalue weighted by Crippen LogP contribution is -2.54. The molecular weight excluding hydrogens is 188 g/mol. The lowest BCUT2D eigenvalue weighted by atomic mass is 10.2. The molecule has 0 radical (unpaired) electrons. The minimum Gasteiger partial charge on any atom is -0.372 e. The van der Waals surface area contributed by atoms with Crippen LogP contribution in [0.3, 0.4) is 0 Å². The van der Waals surface area contributed by atoms with E-state index in [-0.39, 0.29) is 0 Å². The van der Waals surface area contributed by atoms with Crippen molar-refractivity contribution in [2.45, 2.75) is 18.9 Å². The molecule has 0 amide bonds. The summed E-state index contributed by atoms with van der Waals surface area (Å²) in [6, 6.07) is 0.632. The Hall–Kier alpha value is -0.610. The van der Waals surface area contributed by atoms with E-state index >= 15 is 0 Å². The first-order chi connectivity index (χ1) is 7.25. The highest BCUT2D eigenvalue weighted by atomic mass is 15.3. The molecule has 0 bridgehead atoms. The van der Waals surface area contributed by atoms with Crippen LogP contribution >= 0.6 is 0 Å². The van der Waals surface area contributed by atoms with Crippen molar-refractivity contribution in [2.24, 2.45) is 4.99 Å². The van der Waals surface area contributed by atoms with Gasteiger partial charge in [-0.25, -0.2) is 0 Å². The van der Waals surface area contributed by atoms with Gasteiger partial charge in [0.1, 0.15) is 0 Å². The highest BCUT2D eigenvalue weighted by Gasteiger charge is 2.22. The van der Waals surface area contributed by atoms with E-state index in [2.05, 4.69) is 34.2 Å². The van der Waals surface area contributed by atoms with E-state index in [0.717, 1.165) is 26.1 Å². The lowest BCUT2D eigenvalue weighted by molar-refractivity contribution is 0.116. The third-order valence-electron chi connectivity index (χ3n) is 3.40. The monoisotopic (exact) mass is 210 g/mol. The molecule has 4 heteroatoms. The van der Waals surface area contributed by atoms with Crippen molar-refractivity contribution in [3.05, 3.63) is 0 Å². The van der Waals surface area contributed by atoms with Gasteiger partial charge in [-0.1, -0.05) is 0 Å². The molecule has 0 aromatic rings. The summed E-state index contributed by atoms with van der Waals surface area (Å²) in [5.74, 6) is 1.22. The minimum absolute atomic E-state index is 0.632. The van der Waals surface area contributed by atoms with Crippen LogP contribution in [-0.4, -0.2) is 68.5 Å². The summed E-state index contributed by atoms with van der Waals surface area (Å²) in [4.78, 5) is 9.29. The number of nitrogens with zero attached hydrogens (tertiary/aromatic N) is 3. The quantitative estimate of drug-likeness (QED) is 0.697. The van der Waals surface area contributed by atoms with E-state index in [0.29, 0.717) is 6.04 Å². The van der Waals surface area contributed by atoms with Crippen LogP contribution in [-0.2, 0) is 0 Å². The normalized spacial score (nSPS) is 29.2. The van der Waals surface area contributed by atoms with Gasteiger partial charge in [0, 0.05) is 45.2 Å². The van der Waals surface area contributed by atoms with E-state index in [4.69, 9.17) is 0 Å². The predicted octanol–water partition coefficient (Wildman–Crippen LogP) is 0.0141. The highest BCUT2D eigenvalue weighted by Crippen LogP contribution is 2.06. The molecule has 0 aromatic heterocycles. The zero-order valence-corrected chi connectivity index (χ0v) is 9.87. The Morgan fingerprint density at radius 1 is 1.40 bits per heavy atom. The maximum atomic E-state index is 4.44. The summed E-state index contributed by atoms with van der Waals surface area (Å²) in [6.07, 6.45) is 2.37. The van der Waals surface area contributed by atoms with Crippen molar-refractivity contribution in [1.29, 1.82) is 0 Å². The zero-order chi connectivity index (χ0) is 10.7. The molecule has 1 N–H and O–H groups in total. The van der Waals surface area contributed by atoms with Crippen molar-refractivity contribution in [3.8, 4) is 0 Å². The van der Waals surface area contributed by atoms with Crippen molar-refractivity contribution >= 4 is 5.84 Å². The van der Waals surface area contributed by atoms with Gasteiger partial charge in [0.05, 0.1) is 5.84 Å². The Bertz CT molecular complexity index is 239. The van der Waals surface area contributed by atoms with Crippen LogP contribution in [0.2, 0.25) is 0 Å². The Kier molecular flexibility index (Phi) is 3.59. The van der Waals surface area contributed by atoms with Crippen molar-refractivity contribution in [2.75, 3.05) is 46.8 Å². The molecule has 2 aliphatic heterocycles. The fourth-order valence-corrected chi connectivity index (χ4v) is 2.24. The zero-order valence-electron chi connectivity index (χ0n) is 9.87. The van der Waals surface area contributed by atoms with Gasteiger partial charge in [-0.2, -0.15) is 0 Å². The number of likely N-dealkylation sites (N-methyl/N-ethyl adjacent to an activating group) is 2. The molecule has 0 aromatic carbocycles. The number of rotatable bonds is 2. The molecule has 1 unspecified atom stereocenters. The summed E-state index contributed by atoms with van der Waals surface area (Å²) in [6.45, 7) is 5.59. The second-order valence-corrected chi connectivity index (χ2v) is 4.71. The molecule has 0 saturated carbocycles. The topological polar surface area (TPSA) is 30.9 Å². The number of aliphatic imine (C=N–C) groups is 1. The van der Waals surface area contributed by atoms with Gasteiger partial charge >= 0.3 is 0 Å². The Labute approximate surface area is 92.3 Å². The van der Waals surface area contributed by atoms with Gasteiger partial charge in [-0.3, -0.25) is 9.89 Å². The third kappa shape index (κ3) is 2.92. The number of piperazine rings is 1. The van der Waals surface area contributed by atoms with Crippen LogP contribution in [0.5, 0.6) is 0 Å². The SMILES string of the molecule is CN1CCN(C)C(CNC2=NCCC2)C1. The van der Waals surface area contributed by atoms with E-state index in [9.17, 15) is 0 Å². The molecule has 86 valence electrons. The van der Waals surface area contributed by atoms with Crippen LogP contribution in [0.4, 0.5) is 0 Å². The molecule has 2 heterocycles. The van der Waals surface area contributed by atoms with Gasteiger partial charge in [-0.05, 0) is 20.5 Å². The summed E-state index contributed by atoms with van der Waals surface area (Å²) >= 11 is 0. The first kappa shape index (κ1) is 10.9. The van der Waals surface area contributed by atoms with Crippen LogP contribution < -0.4 is 5.32 Å². The van der Waals surface area contributed by atoms with Crippen LogP contribution in [0.25, 0.3) is 0 Å². The fraction of sp³-hybridized carbons (Fsp3) is 0.909. The summed E-state index contributed by atoms with van der Waals surface area (Å²) < 4.78 is 0. The Balaban J connectivity index is 1.77. The molecule has 1 fully saturated rings.